The van der Waals surface area contributed by atoms with Crippen LogP contribution < -0.4 is 14.2 Å². The maximum Gasteiger partial charge on any atom is 0.283 e. The highest BCUT2D eigenvalue weighted by atomic mass is 32.2. The van der Waals surface area contributed by atoms with Gasteiger partial charge in [0.1, 0.15) is 24.0 Å². The van der Waals surface area contributed by atoms with E-state index in [-0.39, 0.29) is 17.3 Å². The van der Waals surface area contributed by atoms with Gasteiger partial charge in [0.25, 0.3) is 5.91 Å². The van der Waals surface area contributed by atoms with Crippen LogP contribution in [-0.2, 0) is 11.2 Å². The van der Waals surface area contributed by atoms with Crippen LogP contribution in [0.2, 0.25) is 0 Å². The van der Waals surface area contributed by atoms with E-state index in [0.29, 0.717) is 35.4 Å². The van der Waals surface area contributed by atoms with Gasteiger partial charge >= 0.3 is 0 Å². The number of ether oxygens (including phenoxy) is 3. The Morgan fingerprint density at radius 1 is 1.11 bits per heavy atom. The van der Waals surface area contributed by atoms with Crippen LogP contribution in [0.5, 0.6) is 17.2 Å². The van der Waals surface area contributed by atoms with E-state index in [9.17, 15) is 4.79 Å². The first-order valence-electron chi connectivity index (χ1n) is 11.5. The lowest BCUT2D eigenvalue weighted by Gasteiger charge is -2.20. The van der Waals surface area contributed by atoms with E-state index < -0.39 is 5.91 Å². The Hall–Kier alpha value is -3.85. The predicted molar refractivity (Wildman–Crippen MR) is 144 cm³/mol. The fraction of sp³-hybridized carbons (Fsp3) is 0.259. The van der Waals surface area contributed by atoms with Gasteiger partial charge in [0, 0.05) is 5.92 Å². The Kier molecular flexibility index (Phi) is 7.90. The number of amides is 1. The highest BCUT2D eigenvalue weighted by Crippen LogP contribution is 2.32. The van der Waals surface area contributed by atoms with Gasteiger partial charge in [-0.05, 0) is 53.6 Å². The summed E-state index contributed by atoms with van der Waals surface area (Å²) in [7, 11) is 1.55. The Bertz CT molecular complexity index is 1280. The number of carbonyl (C=O) groups is 1. The number of aliphatic imine (C=N–C) groups is 1. The standard InChI is InChI=1S/C27H28N4O4S/c1-5-8-19-9-6-7-10-21(19)34-13-14-35-22-12-11-18(16-23(22)33-4)15-20-24(28)31-27(29-25(20)32)36-26(30-31)17(2)3/h5-7,9-12,15-17,28H,1,8,13-14H2,2-4H3/b20-15-,28-24?. The summed E-state index contributed by atoms with van der Waals surface area (Å²) in [6.45, 7) is 8.49. The minimum absolute atomic E-state index is 0.00123. The van der Waals surface area contributed by atoms with Gasteiger partial charge in [-0.3, -0.25) is 10.2 Å². The molecule has 0 aromatic heterocycles. The Balaban J connectivity index is 1.43. The lowest BCUT2D eigenvalue weighted by atomic mass is 10.1. The van der Waals surface area contributed by atoms with Gasteiger partial charge in [-0.15, -0.1) is 6.58 Å². The number of allylic oxidation sites excluding steroid dienone is 1. The summed E-state index contributed by atoms with van der Waals surface area (Å²) in [4.78, 5) is 16.8. The minimum atomic E-state index is -0.466. The molecule has 9 heteroatoms. The second-order valence-electron chi connectivity index (χ2n) is 8.32. The van der Waals surface area contributed by atoms with Crippen LogP contribution in [0.25, 0.3) is 6.08 Å². The normalized spacial score (nSPS) is 16.1. The van der Waals surface area contributed by atoms with Crippen molar-refractivity contribution in [1.29, 1.82) is 5.41 Å². The molecule has 4 rings (SSSR count). The number of hydrogen-bond donors (Lipinski definition) is 1. The average molecular weight is 505 g/mol. The van der Waals surface area contributed by atoms with Gasteiger partial charge in [-0.25, -0.2) is 0 Å². The van der Waals surface area contributed by atoms with Crippen molar-refractivity contribution in [3.63, 3.8) is 0 Å². The minimum Gasteiger partial charge on any atom is -0.493 e. The molecule has 1 N–H and O–H groups in total. The van der Waals surface area contributed by atoms with Gasteiger partial charge in [-0.1, -0.05) is 44.2 Å². The lowest BCUT2D eigenvalue weighted by molar-refractivity contribution is -0.114. The molecule has 2 aromatic carbocycles. The molecule has 0 fully saturated rings. The van der Waals surface area contributed by atoms with Crippen molar-refractivity contribution >= 4 is 39.8 Å². The number of thioether (sulfide) groups is 1. The Labute approximate surface area is 214 Å². The molecule has 0 aliphatic carbocycles. The number of nitrogens with zero attached hydrogens (tertiary/aromatic N) is 3. The Morgan fingerprint density at radius 2 is 1.86 bits per heavy atom. The molecule has 36 heavy (non-hydrogen) atoms. The third kappa shape index (κ3) is 5.52. The number of rotatable bonds is 10. The van der Waals surface area contributed by atoms with Crippen molar-refractivity contribution in [3.8, 4) is 17.2 Å². The van der Waals surface area contributed by atoms with Gasteiger partial charge in [-0.2, -0.15) is 15.1 Å². The number of methoxy groups -OCH3 is 1. The number of fused-ring (bicyclic) bond motifs is 1. The largest absolute Gasteiger partial charge is 0.493 e. The van der Waals surface area contributed by atoms with Crippen LogP contribution in [0.1, 0.15) is 25.0 Å². The first kappa shape index (κ1) is 25.2. The van der Waals surface area contributed by atoms with Crippen molar-refractivity contribution in [2.45, 2.75) is 20.3 Å². The molecule has 0 bridgehead atoms. The summed E-state index contributed by atoms with van der Waals surface area (Å²) in [5.74, 6) is 1.58. The van der Waals surface area contributed by atoms with Crippen LogP contribution in [0.3, 0.4) is 0 Å². The zero-order chi connectivity index (χ0) is 25.7. The highest BCUT2D eigenvalue weighted by Gasteiger charge is 2.36. The molecule has 2 heterocycles. The second kappa shape index (κ2) is 11.3. The van der Waals surface area contributed by atoms with Gasteiger partial charge < -0.3 is 14.2 Å². The van der Waals surface area contributed by atoms with Crippen LogP contribution in [0.4, 0.5) is 0 Å². The number of nitrogens with one attached hydrogen (secondary N) is 1. The zero-order valence-corrected chi connectivity index (χ0v) is 21.3. The van der Waals surface area contributed by atoms with E-state index in [1.807, 2.05) is 44.2 Å². The van der Waals surface area contributed by atoms with Gasteiger partial charge in [0.05, 0.1) is 12.7 Å². The first-order chi connectivity index (χ1) is 17.4. The summed E-state index contributed by atoms with van der Waals surface area (Å²) < 4.78 is 17.3. The molecule has 8 nitrogen and oxygen atoms in total. The van der Waals surface area contributed by atoms with Crippen molar-refractivity contribution in [2.75, 3.05) is 20.3 Å². The number of amidine groups is 2. The SMILES string of the molecule is C=CCc1ccccc1OCCOc1ccc(/C=C2/C(=N)N3N=C(C(C)C)SC3=NC2=O)cc1OC. The second-order valence-corrected chi connectivity index (χ2v) is 9.31. The molecule has 186 valence electrons. The average Bonchev–Trinajstić information content (AvgIpc) is 3.30. The van der Waals surface area contributed by atoms with E-state index in [2.05, 4.69) is 16.7 Å². The number of hydrogen-bond acceptors (Lipinski definition) is 7. The van der Waals surface area contributed by atoms with E-state index in [1.165, 1.54) is 16.8 Å². The molecule has 0 atom stereocenters. The van der Waals surface area contributed by atoms with E-state index >= 15 is 0 Å². The molecule has 0 saturated heterocycles. The zero-order valence-electron chi connectivity index (χ0n) is 20.5. The van der Waals surface area contributed by atoms with E-state index in [4.69, 9.17) is 19.6 Å². The summed E-state index contributed by atoms with van der Waals surface area (Å²) in [5.41, 5.74) is 1.91. The van der Waals surface area contributed by atoms with Crippen LogP contribution in [-0.4, -0.2) is 47.3 Å². The highest BCUT2D eigenvalue weighted by molar-refractivity contribution is 8.27. The van der Waals surface area contributed by atoms with Crippen LogP contribution in [0.15, 0.2) is 70.8 Å². The fourth-order valence-electron chi connectivity index (χ4n) is 3.57. The summed E-state index contributed by atoms with van der Waals surface area (Å²) >= 11 is 1.32. The fourth-order valence-corrected chi connectivity index (χ4v) is 4.46. The maximum atomic E-state index is 12.6. The molecule has 0 radical (unpaired) electrons. The molecule has 2 aliphatic rings. The molecule has 0 unspecified atom stereocenters. The van der Waals surface area contributed by atoms with Crippen molar-refractivity contribution in [3.05, 3.63) is 71.8 Å². The number of benzene rings is 2. The van der Waals surface area contributed by atoms with Crippen molar-refractivity contribution < 1.29 is 19.0 Å². The topological polar surface area (TPSA) is 96.6 Å². The van der Waals surface area contributed by atoms with Gasteiger partial charge in [0.15, 0.2) is 17.3 Å². The molecule has 2 aliphatic heterocycles. The van der Waals surface area contributed by atoms with Gasteiger partial charge in [0.2, 0.25) is 5.17 Å². The first-order valence-corrected chi connectivity index (χ1v) is 12.4. The Morgan fingerprint density at radius 3 is 2.58 bits per heavy atom. The third-order valence-corrected chi connectivity index (χ3v) is 6.61. The van der Waals surface area contributed by atoms with Crippen LogP contribution in [0, 0.1) is 11.3 Å². The van der Waals surface area contributed by atoms with Crippen molar-refractivity contribution in [1.82, 2.24) is 5.01 Å². The summed E-state index contributed by atoms with van der Waals surface area (Å²) in [5, 5.41) is 15.6. The van der Waals surface area contributed by atoms with E-state index in [0.717, 1.165) is 22.8 Å². The summed E-state index contributed by atoms with van der Waals surface area (Å²) in [6, 6.07) is 13.2. The number of para-hydroxylation sites is 1. The summed E-state index contributed by atoms with van der Waals surface area (Å²) in [6.07, 6.45) is 4.19. The molecule has 1 amide bonds. The molecule has 0 spiro atoms. The number of hydrazone groups is 1. The molecule has 0 saturated carbocycles. The smallest absolute Gasteiger partial charge is 0.283 e. The maximum absolute atomic E-state index is 12.6. The predicted octanol–water partition coefficient (Wildman–Crippen LogP) is 5.16. The van der Waals surface area contributed by atoms with Crippen molar-refractivity contribution in [2.24, 2.45) is 16.0 Å². The monoisotopic (exact) mass is 504 g/mol. The molecular weight excluding hydrogens is 476 g/mol. The van der Waals surface area contributed by atoms with E-state index in [1.54, 1.807) is 31.4 Å². The third-order valence-electron chi connectivity index (χ3n) is 5.40. The lowest BCUT2D eigenvalue weighted by Crippen LogP contribution is -2.35. The molecule has 2 aromatic rings. The number of carbonyl (C=O) groups excluding carboxylic acids is 1. The quantitative estimate of drug-likeness (QED) is 0.273. The van der Waals surface area contributed by atoms with Crippen LogP contribution >= 0.6 is 11.8 Å². The molecular formula is C27H28N4O4S.